The van der Waals surface area contributed by atoms with Crippen LogP contribution in [0.25, 0.3) is 28.5 Å². The van der Waals surface area contributed by atoms with E-state index in [2.05, 4.69) is 20.2 Å². The fourth-order valence-electron chi connectivity index (χ4n) is 4.98. The highest BCUT2D eigenvalue weighted by Crippen LogP contribution is 2.46. The Morgan fingerprint density at radius 1 is 1.19 bits per heavy atom. The number of hydrogen-bond donors (Lipinski definition) is 2. The van der Waals surface area contributed by atoms with E-state index in [0.717, 1.165) is 38.2 Å². The van der Waals surface area contributed by atoms with Crippen LogP contribution < -0.4 is 5.73 Å². The first-order valence-corrected chi connectivity index (χ1v) is 10.8. The second kappa shape index (κ2) is 7.97. The maximum absolute atomic E-state index is 13.8. The number of aromatic amines is 1. The zero-order chi connectivity index (χ0) is 22.3. The lowest BCUT2D eigenvalue weighted by Gasteiger charge is -2.46. The molecule has 1 unspecified atom stereocenters. The minimum Gasteiger partial charge on any atom is -0.381 e. The molecule has 6 nitrogen and oxygen atoms in total. The van der Waals surface area contributed by atoms with E-state index < -0.39 is 11.7 Å². The minimum atomic E-state index is -4.54. The molecule has 1 atom stereocenters. The Bertz CT molecular complexity index is 1160. The molecule has 5 rings (SSSR count). The number of pyridine rings is 2. The second-order valence-electron chi connectivity index (χ2n) is 8.70. The summed E-state index contributed by atoms with van der Waals surface area (Å²) in [5, 5.41) is 7.24. The third kappa shape index (κ3) is 3.80. The number of hydrogen-bond acceptors (Lipinski definition) is 5. The van der Waals surface area contributed by atoms with Crippen molar-refractivity contribution >= 4 is 17.1 Å². The molecule has 1 saturated heterocycles. The number of nitrogens with zero attached hydrogens (tertiary/aromatic N) is 3. The molecule has 2 aliphatic rings. The number of aromatic nitrogens is 4. The van der Waals surface area contributed by atoms with Gasteiger partial charge in [-0.3, -0.25) is 5.10 Å². The molecule has 3 N–H and O–H groups in total. The maximum atomic E-state index is 13.8. The minimum absolute atomic E-state index is 0.00230. The van der Waals surface area contributed by atoms with Crippen molar-refractivity contribution in [3.63, 3.8) is 0 Å². The Morgan fingerprint density at radius 3 is 2.78 bits per heavy atom. The maximum Gasteiger partial charge on any atom is 0.418 e. The molecule has 168 valence electrons. The summed E-state index contributed by atoms with van der Waals surface area (Å²) < 4.78 is 46.9. The van der Waals surface area contributed by atoms with Crippen LogP contribution in [0.3, 0.4) is 0 Å². The summed E-state index contributed by atoms with van der Waals surface area (Å²) >= 11 is 0. The molecule has 1 spiro atoms. The van der Waals surface area contributed by atoms with Crippen molar-refractivity contribution in [3.05, 3.63) is 47.3 Å². The number of alkyl halides is 3. The Kier molecular flexibility index (Phi) is 5.25. The molecule has 9 heteroatoms. The largest absolute Gasteiger partial charge is 0.418 e. The zero-order valence-electron chi connectivity index (χ0n) is 17.5. The highest BCUT2D eigenvalue weighted by molar-refractivity contribution is 5.90. The fourth-order valence-corrected chi connectivity index (χ4v) is 4.98. The number of H-pyrrole nitrogens is 1. The first kappa shape index (κ1) is 21.1. The molecule has 1 aliphatic carbocycles. The predicted octanol–water partition coefficient (Wildman–Crippen LogP) is 4.73. The van der Waals surface area contributed by atoms with Crippen molar-refractivity contribution in [3.8, 4) is 11.4 Å². The summed E-state index contributed by atoms with van der Waals surface area (Å²) in [5.41, 5.74) is 7.72. The lowest BCUT2D eigenvalue weighted by molar-refractivity contribution is -0.137. The molecule has 1 saturated carbocycles. The number of allylic oxidation sites excluding steroid dienone is 1. The van der Waals surface area contributed by atoms with Crippen LogP contribution >= 0.6 is 0 Å². The van der Waals surface area contributed by atoms with Gasteiger partial charge in [0.1, 0.15) is 5.69 Å². The van der Waals surface area contributed by atoms with Gasteiger partial charge in [-0.1, -0.05) is 5.57 Å². The summed E-state index contributed by atoms with van der Waals surface area (Å²) in [7, 11) is 0. The average molecular weight is 443 g/mol. The number of fused-ring (bicyclic) bond motifs is 1. The van der Waals surface area contributed by atoms with Crippen LogP contribution in [0.4, 0.5) is 13.2 Å². The number of ether oxygens (including phenoxy) is 1. The monoisotopic (exact) mass is 443 g/mol. The van der Waals surface area contributed by atoms with Crippen LogP contribution in [0.2, 0.25) is 0 Å². The first-order chi connectivity index (χ1) is 15.4. The van der Waals surface area contributed by atoms with E-state index in [1.807, 2.05) is 6.08 Å². The molecular formula is C23H24F3N5O. The highest BCUT2D eigenvalue weighted by atomic mass is 19.4. The van der Waals surface area contributed by atoms with Crippen LogP contribution in [-0.4, -0.2) is 39.4 Å². The van der Waals surface area contributed by atoms with Gasteiger partial charge in [0, 0.05) is 30.8 Å². The fraction of sp³-hybridized carbons (Fsp3) is 0.435. The first-order valence-electron chi connectivity index (χ1n) is 10.8. The summed E-state index contributed by atoms with van der Waals surface area (Å²) in [5.74, 6) is 0. The topological polar surface area (TPSA) is 89.7 Å². The summed E-state index contributed by atoms with van der Waals surface area (Å²) in [6, 6.07) is 5.99. The van der Waals surface area contributed by atoms with Crippen LogP contribution in [0.5, 0.6) is 0 Å². The standard InChI is InChI=1S/C23H24F3N5O/c24-23(25,26)17-5-4-15(29-20(17)19-16-2-1-9-28-21(16)31-30-19)12-14-3-6-18(27)22(13-14)7-10-32-11-8-22/h1-2,4-5,9,12,18H,3,6-8,10-11,13,27H2,(H,28,30,31)/b14-12-. The normalized spacial score (nSPS) is 22.6. The lowest BCUT2D eigenvalue weighted by Crippen LogP contribution is -2.48. The quantitative estimate of drug-likeness (QED) is 0.598. The van der Waals surface area contributed by atoms with Gasteiger partial charge in [0.15, 0.2) is 5.65 Å². The van der Waals surface area contributed by atoms with E-state index in [-0.39, 0.29) is 22.8 Å². The molecule has 2 fully saturated rings. The number of rotatable bonds is 2. The van der Waals surface area contributed by atoms with Gasteiger partial charge in [-0.25, -0.2) is 9.97 Å². The van der Waals surface area contributed by atoms with Gasteiger partial charge >= 0.3 is 6.18 Å². The van der Waals surface area contributed by atoms with Crippen LogP contribution in [-0.2, 0) is 10.9 Å². The van der Waals surface area contributed by atoms with Crippen molar-refractivity contribution in [1.29, 1.82) is 0 Å². The number of halogens is 3. The second-order valence-corrected chi connectivity index (χ2v) is 8.70. The highest BCUT2D eigenvalue weighted by Gasteiger charge is 2.41. The van der Waals surface area contributed by atoms with Gasteiger partial charge in [-0.2, -0.15) is 18.3 Å². The Hall–Kier alpha value is -2.78. The molecule has 3 aromatic heterocycles. The number of nitrogens with one attached hydrogen (secondary N) is 1. The molecule has 32 heavy (non-hydrogen) atoms. The average Bonchev–Trinajstić information content (AvgIpc) is 3.20. The SMILES string of the molecule is NC1CC/C(=C/c2ccc(C(F)(F)F)c(-c3[nH]nc4ncccc34)n2)CC12CCOCC2. The van der Waals surface area contributed by atoms with Gasteiger partial charge < -0.3 is 10.5 Å². The van der Waals surface area contributed by atoms with Crippen molar-refractivity contribution in [2.24, 2.45) is 11.1 Å². The van der Waals surface area contributed by atoms with Crippen LogP contribution in [0.15, 0.2) is 36.0 Å². The van der Waals surface area contributed by atoms with E-state index in [1.54, 1.807) is 18.3 Å². The van der Waals surface area contributed by atoms with E-state index in [0.29, 0.717) is 29.9 Å². The van der Waals surface area contributed by atoms with E-state index in [9.17, 15) is 13.2 Å². The number of nitrogens with two attached hydrogens (primary N) is 1. The van der Waals surface area contributed by atoms with Crippen molar-refractivity contribution in [2.45, 2.75) is 44.3 Å². The molecule has 0 radical (unpaired) electrons. The van der Waals surface area contributed by atoms with Gasteiger partial charge in [-0.05, 0) is 67.9 Å². The lowest BCUT2D eigenvalue weighted by atomic mass is 9.64. The van der Waals surface area contributed by atoms with Crippen LogP contribution in [0.1, 0.15) is 43.4 Å². The van der Waals surface area contributed by atoms with Gasteiger partial charge in [0.2, 0.25) is 0 Å². The van der Waals surface area contributed by atoms with Gasteiger partial charge in [-0.15, -0.1) is 0 Å². The van der Waals surface area contributed by atoms with E-state index in [4.69, 9.17) is 10.5 Å². The summed E-state index contributed by atoms with van der Waals surface area (Å²) in [6.45, 7) is 1.40. The molecule has 0 amide bonds. The third-order valence-electron chi connectivity index (χ3n) is 6.77. The van der Waals surface area contributed by atoms with E-state index in [1.165, 1.54) is 11.6 Å². The smallest absolute Gasteiger partial charge is 0.381 e. The van der Waals surface area contributed by atoms with E-state index >= 15 is 0 Å². The van der Waals surface area contributed by atoms with Crippen molar-refractivity contribution in [1.82, 2.24) is 20.2 Å². The Labute approximate surface area is 183 Å². The van der Waals surface area contributed by atoms with Crippen LogP contribution in [0, 0.1) is 5.41 Å². The molecule has 1 aliphatic heterocycles. The summed E-state index contributed by atoms with van der Waals surface area (Å²) in [6.07, 6.45) is 3.24. The van der Waals surface area contributed by atoms with Crippen molar-refractivity contribution in [2.75, 3.05) is 13.2 Å². The molecule has 0 bridgehead atoms. The summed E-state index contributed by atoms with van der Waals surface area (Å²) in [4.78, 5) is 8.53. The Balaban J connectivity index is 1.55. The molecule has 4 heterocycles. The predicted molar refractivity (Wildman–Crippen MR) is 114 cm³/mol. The molecular weight excluding hydrogens is 419 g/mol. The Morgan fingerprint density at radius 2 is 2.00 bits per heavy atom. The molecule has 3 aromatic rings. The van der Waals surface area contributed by atoms with Gasteiger partial charge in [0.25, 0.3) is 0 Å². The van der Waals surface area contributed by atoms with Gasteiger partial charge in [0.05, 0.1) is 17.0 Å². The zero-order valence-corrected chi connectivity index (χ0v) is 17.5. The molecule has 0 aromatic carbocycles. The third-order valence-corrected chi connectivity index (χ3v) is 6.77. The van der Waals surface area contributed by atoms with Crippen molar-refractivity contribution < 1.29 is 17.9 Å².